The van der Waals surface area contributed by atoms with E-state index in [9.17, 15) is 13.6 Å². The van der Waals surface area contributed by atoms with Crippen molar-refractivity contribution in [2.45, 2.75) is 51.9 Å². The molecule has 0 bridgehead atoms. The van der Waals surface area contributed by atoms with E-state index < -0.39 is 17.0 Å². The fourth-order valence-electron chi connectivity index (χ4n) is 4.68. The molecule has 1 aromatic carbocycles. The van der Waals surface area contributed by atoms with E-state index in [1.807, 2.05) is 6.92 Å². The van der Waals surface area contributed by atoms with Crippen molar-refractivity contribution in [2.75, 3.05) is 26.2 Å². The SMILES string of the molecule is Cc1c(F)cccc1OC(=O)[C@@]1(C)CCC(c2cnc(OCCN3CCCC3)c(F)c2)C1. The highest BCUT2D eigenvalue weighted by atomic mass is 19.1. The molecule has 1 aromatic heterocycles. The van der Waals surface area contributed by atoms with Crippen molar-refractivity contribution in [2.24, 2.45) is 5.41 Å². The van der Waals surface area contributed by atoms with Crippen LogP contribution in [0.15, 0.2) is 30.5 Å². The van der Waals surface area contributed by atoms with Crippen molar-refractivity contribution < 1.29 is 23.0 Å². The predicted molar refractivity (Wildman–Crippen MR) is 117 cm³/mol. The molecule has 0 amide bonds. The third-order valence-corrected chi connectivity index (χ3v) is 6.80. The van der Waals surface area contributed by atoms with Crippen LogP contribution in [0.4, 0.5) is 8.78 Å². The van der Waals surface area contributed by atoms with Crippen LogP contribution < -0.4 is 9.47 Å². The van der Waals surface area contributed by atoms with Gasteiger partial charge in [-0.3, -0.25) is 9.69 Å². The maximum atomic E-state index is 14.6. The van der Waals surface area contributed by atoms with Gasteiger partial charge in [0.15, 0.2) is 5.82 Å². The van der Waals surface area contributed by atoms with Crippen LogP contribution in [0.25, 0.3) is 0 Å². The minimum Gasteiger partial charge on any atom is -0.474 e. The van der Waals surface area contributed by atoms with Crippen molar-refractivity contribution in [3.8, 4) is 11.6 Å². The van der Waals surface area contributed by atoms with Gasteiger partial charge in [-0.05, 0) is 88.7 Å². The molecular formula is C25H30F2N2O3. The number of benzene rings is 1. The standard InChI is InChI=1S/C25H30F2N2O3/c1-17-20(26)6-5-7-22(17)32-24(30)25(2)9-8-18(15-25)19-14-21(27)23(28-16-19)31-13-12-29-10-3-4-11-29/h5-7,14,16,18H,3-4,8-13,15H2,1-2H3/t18?,25-/m0/s1. The van der Waals surface area contributed by atoms with E-state index in [1.54, 1.807) is 19.2 Å². The summed E-state index contributed by atoms with van der Waals surface area (Å²) in [6.07, 6.45) is 5.92. The summed E-state index contributed by atoms with van der Waals surface area (Å²) in [4.78, 5) is 19.4. The number of ether oxygens (including phenoxy) is 2. The van der Waals surface area contributed by atoms with Gasteiger partial charge >= 0.3 is 5.97 Å². The van der Waals surface area contributed by atoms with E-state index in [0.29, 0.717) is 25.0 Å². The molecule has 4 rings (SSSR count). The van der Waals surface area contributed by atoms with Crippen LogP contribution in [-0.4, -0.2) is 42.1 Å². The van der Waals surface area contributed by atoms with Crippen molar-refractivity contribution in [1.29, 1.82) is 0 Å². The molecular weight excluding hydrogens is 414 g/mol. The first-order valence-electron chi connectivity index (χ1n) is 11.3. The number of pyridine rings is 1. The lowest BCUT2D eigenvalue weighted by Gasteiger charge is -2.22. The first kappa shape index (κ1) is 22.6. The molecule has 5 nitrogen and oxygen atoms in total. The molecule has 1 aliphatic heterocycles. The summed E-state index contributed by atoms with van der Waals surface area (Å²) in [5.41, 5.74) is 0.351. The van der Waals surface area contributed by atoms with Crippen LogP contribution >= 0.6 is 0 Å². The zero-order valence-corrected chi connectivity index (χ0v) is 18.7. The summed E-state index contributed by atoms with van der Waals surface area (Å²) in [6.45, 7) is 6.76. The number of esters is 1. The van der Waals surface area contributed by atoms with E-state index in [4.69, 9.17) is 9.47 Å². The fraction of sp³-hybridized carbons (Fsp3) is 0.520. The molecule has 0 radical (unpaired) electrons. The summed E-state index contributed by atoms with van der Waals surface area (Å²) >= 11 is 0. The minimum absolute atomic E-state index is 0.00167. The van der Waals surface area contributed by atoms with Crippen molar-refractivity contribution in [3.05, 3.63) is 53.2 Å². The molecule has 7 heteroatoms. The summed E-state index contributed by atoms with van der Waals surface area (Å²) in [7, 11) is 0. The lowest BCUT2D eigenvalue weighted by Crippen LogP contribution is -2.29. The molecule has 0 N–H and O–H groups in total. The number of carbonyl (C=O) groups excluding carboxylic acids is 1. The molecule has 0 spiro atoms. The Bertz CT molecular complexity index is 978. The van der Waals surface area contributed by atoms with E-state index in [0.717, 1.165) is 31.6 Å². The molecule has 32 heavy (non-hydrogen) atoms. The van der Waals surface area contributed by atoms with Crippen molar-refractivity contribution >= 4 is 5.97 Å². The number of carbonyl (C=O) groups is 1. The van der Waals surface area contributed by atoms with Crippen LogP contribution in [0.3, 0.4) is 0 Å². The number of aromatic nitrogens is 1. The highest BCUT2D eigenvalue weighted by molar-refractivity contribution is 5.79. The van der Waals surface area contributed by atoms with Gasteiger partial charge in [0.05, 0.1) is 5.41 Å². The van der Waals surface area contributed by atoms with E-state index in [1.165, 1.54) is 31.0 Å². The Labute approximate surface area is 187 Å². The molecule has 2 aromatic rings. The Morgan fingerprint density at radius 2 is 2.03 bits per heavy atom. The monoisotopic (exact) mass is 444 g/mol. The molecule has 2 fully saturated rings. The van der Waals surface area contributed by atoms with Gasteiger partial charge in [-0.1, -0.05) is 6.07 Å². The van der Waals surface area contributed by atoms with Gasteiger partial charge in [-0.25, -0.2) is 13.8 Å². The molecule has 1 unspecified atom stereocenters. The first-order valence-corrected chi connectivity index (χ1v) is 11.3. The number of hydrogen-bond donors (Lipinski definition) is 0. The number of nitrogens with zero attached hydrogens (tertiary/aromatic N) is 2. The van der Waals surface area contributed by atoms with Gasteiger partial charge in [-0.15, -0.1) is 0 Å². The van der Waals surface area contributed by atoms with E-state index >= 15 is 0 Å². The number of rotatable bonds is 7. The summed E-state index contributed by atoms with van der Waals surface area (Å²) < 4.78 is 39.4. The van der Waals surface area contributed by atoms with Crippen LogP contribution in [0.1, 0.15) is 56.1 Å². The van der Waals surface area contributed by atoms with Crippen molar-refractivity contribution in [1.82, 2.24) is 9.88 Å². The highest BCUT2D eigenvalue weighted by Crippen LogP contribution is 2.47. The molecule has 1 saturated carbocycles. The topological polar surface area (TPSA) is 51.7 Å². The molecule has 2 heterocycles. The Morgan fingerprint density at radius 1 is 1.25 bits per heavy atom. The van der Waals surface area contributed by atoms with Gasteiger partial charge in [-0.2, -0.15) is 0 Å². The normalized spacial score (nSPS) is 23.4. The molecule has 1 saturated heterocycles. The largest absolute Gasteiger partial charge is 0.474 e. The van der Waals surface area contributed by atoms with Gasteiger partial charge in [0, 0.05) is 18.3 Å². The Kier molecular flexibility index (Phi) is 6.74. The lowest BCUT2D eigenvalue weighted by molar-refractivity contribution is -0.144. The molecule has 2 aliphatic rings. The molecule has 2 atom stereocenters. The van der Waals surface area contributed by atoms with Crippen LogP contribution in [0.5, 0.6) is 11.6 Å². The highest BCUT2D eigenvalue weighted by Gasteiger charge is 2.43. The second kappa shape index (κ2) is 9.53. The Morgan fingerprint density at radius 3 is 2.78 bits per heavy atom. The third kappa shape index (κ3) is 4.93. The predicted octanol–water partition coefficient (Wildman–Crippen LogP) is 5.02. The number of likely N-dealkylation sites (tertiary alicyclic amines) is 1. The van der Waals surface area contributed by atoms with Crippen LogP contribution in [-0.2, 0) is 4.79 Å². The number of hydrogen-bond acceptors (Lipinski definition) is 5. The Balaban J connectivity index is 1.36. The minimum atomic E-state index is -0.717. The van der Waals surface area contributed by atoms with Crippen LogP contribution in [0.2, 0.25) is 0 Å². The van der Waals surface area contributed by atoms with Gasteiger partial charge < -0.3 is 9.47 Å². The summed E-state index contributed by atoms with van der Waals surface area (Å²) in [5.74, 6) is -1.01. The van der Waals surface area contributed by atoms with Crippen molar-refractivity contribution in [3.63, 3.8) is 0 Å². The average molecular weight is 445 g/mol. The molecule has 1 aliphatic carbocycles. The maximum Gasteiger partial charge on any atom is 0.317 e. The second-order valence-electron chi connectivity index (χ2n) is 9.21. The summed E-state index contributed by atoms with van der Waals surface area (Å²) in [6, 6.07) is 5.92. The van der Waals surface area contributed by atoms with Gasteiger partial charge in [0.1, 0.15) is 18.2 Å². The zero-order chi connectivity index (χ0) is 22.7. The first-order chi connectivity index (χ1) is 15.4. The Hall–Kier alpha value is -2.54. The van der Waals surface area contributed by atoms with Gasteiger partial charge in [0.2, 0.25) is 5.88 Å². The van der Waals surface area contributed by atoms with Crippen LogP contribution in [0, 0.1) is 24.0 Å². The second-order valence-corrected chi connectivity index (χ2v) is 9.21. The summed E-state index contributed by atoms with van der Waals surface area (Å²) in [5, 5.41) is 0. The fourth-order valence-corrected chi connectivity index (χ4v) is 4.68. The third-order valence-electron chi connectivity index (χ3n) is 6.80. The number of halogens is 2. The average Bonchev–Trinajstić information content (AvgIpc) is 3.43. The quantitative estimate of drug-likeness (QED) is 0.443. The zero-order valence-electron chi connectivity index (χ0n) is 18.7. The molecule has 172 valence electrons. The lowest BCUT2D eigenvalue weighted by atomic mass is 9.86. The van der Waals surface area contributed by atoms with E-state index in [2.05, 4.69) is 9.88 Å². The maximum absolute atomic E-state index is 14.6. The van der Waals surface area contributed by atoms with Gasteiger partial charge in [0.25, 0.3) is 0 Å². The smallest absolute Gasteiger partial charge is 0.317 e. The van der Waals surface area contributed by atoms with E-state index in [-0.39, 0.29) is 23.5 Å².